The molecule has 19 atom stereocenters. The number of phosphoric ester groups is 1. The summed E-state index contributed by atoms with van der Waals surface area (Å²) in [5, 5.41) is 102. The lowest BCUT2D eigenvalue weighted by atomic mass is 9.84. The van der Waals surface area contributed by atoms with E-state index < -0.39 is 162 Å². The zero-order valence-corrected chi connectivity index (χ0v) is 73.6. The van der Waals surface area contributed by atoms with Crippen LogP contribution >= 0.6 is 7.82 Å². The fraction of sp³-hybridized carbons (Fsp3) is 0.933. The van der Waals surface area contributed by atoms with Crippen LogP contribution < -0.4 is 0 Å². The number of aliphatic hydroxyl groups excluding tert-OH is 9. The smallest absolute Gasteiger partial charge is 0.463 e. The van der Waals surface area contributed by atoms with Gasteiger partial charge in [0.05, 0.1) is 13.2 Å². The number of hydrogen-bond donors (Lipinski definition) is 10. The van der Waals surface area contributed by atoms with E-state index in [1.807, 2.05) is 0 Å². The van der Waals surface area contributed by atoms with Crippen molar-refractivity contribution in [3.8, 4) is 0 Å². The molecule has 0 aromatic rings. The first kappa shape index (κ1) is 107. The maximum atomic E-state index is 14.9. The monoisotopic (exact) mass is 1680 g/mol. The number of phosphoric acid groups is 1. The van der Waals surface area contributed by atoms with E-state index in [1.54, 1.807) is 0 Å². The largest absolute Gasteiger partial charge is 0.472 e. The Kier molecular flexibility index (Phi) is 63.5. The van der Waals surface area contributed by atoms with Crippen molar-refractivity contribution in [2.24, 2.45) is 5.92 Å². The Morgan fingerprint density at radius 1 is 0.362 bits per heavy atom. The molecule has 1 saturated carbocycles. The highest BCUT2D eigenvalue weighted by Gasteiger charge is 2.60. The van der Waals surface area contributed by atoms with Crippen molar-refractivity contribution >= 4 is 31.7 Å². The molecule has 682 valence electrons. The number of esters is 4. The van der Waals surface area contributed by atoms with Crippen molar-refractivity contribution in [3.63, 3.8) is 0 Å². The van der Waals surface area contributed by atoms with Crippen LogP contribution in [0.5, 0.6) is 0 Å². The summed E-state index contributed by atoms with van der Waals surface area (Å²) >= 11 is 0. The highest BCUT2D eigenvalue weighted by Crippen LogP contribution is 2.49. The van der Waals surface area contributed by atoms with E-state index in [1.165, 1.54) is 180 Å². The van der Waals surface area contributed by atoms with Gasteiger partial charge in [0.1, 0.15) is 92.6 Å². The molecule has 0 aromatic carbocycles. The summed E-state index contributed by atoms with van der Waals surface area (Å²) in [6.45, 7) is 7.91. The van der Waals surface area contributed by atoms with Crippen LogP contribution in [0.1, 0.15) is 401 Å². The van der Waals surface area contributed by atoms with Gasteiger partial charge in [0, 0.05) is 25.7 Å². The number of unbranched alkanes of at least 4 members (excludes halogenated alkanes) is 45. The molecule has 2 saturated heterocycles. The van der Waals surface area contributed by atoms with E-state index in [0.29, 0.717) is 38.0 Å². The van der Waals surface area contributed by atoms with Crippen molar-refractivity contribution < 1.29 is 122 Å². The molecule has 3 rings (SSSR count). The van der Waals surface area contributed by atoms with E-state index in [2.05, 4.69) is 46.8 Å². The van der Waals surface area contributed by atoms with E-state index in [4.69, 9.17) is 46.9 Å². The molecule has 0 spiro atoms. The van der Waals surface area contributed by atoms with Gasteiger partial charge in [0.15, 0.2) is 24.8 Å². The molecule has 3 fully saturated rings. The summed E-state index contributed by atoms with van der Waals surface area (Å²) in [5.74, 6) is -2.29. The van der Waals surface area contributed by atoms with Crippen LogP contribution in [0, 0.1) is 5.92 Å². The molecule has 0 radical (unpaired) electrons. The van der Waals surface area contributed by atoms with Gasteiger partial charge in [-0.25, -0.2) is 4.57 Å². The van der Waals surface area contributed by atoms with Crippen LogP contribution in [0.2, 0.25) is 0 Å². The molecule has 0 bridgehead atoms. The second-order valence-electron chi connectivity index (χ2n) is 33.8. The lowest BCUT2D eigenvalue weighted by Gasteiger charge is -2.50. The molecule has 3 aliphatic rings. The van der Waals surface area contributed by atoms with Gasteiger partial charge in [0.25, 0.3) is 0 Å². The Balaban J connectivity index is 1.92. The summed E-state index contributed by atoms with van der Waals surface area (Å²) in [6, 6.07) is 0. The fourth-order valence-corrected chi connectivity index (χ4v) is 16.6. The normalized spacial score (nSPS) is 25.4. The van der Waals surface area contributed by atoms with Crippen LogP contribution in [-0.4, -0.2) is 205 Å². The van der Waals surface area contributed by atoms with E-state index in [0.717, 1.165) is 122 Å². The van der Waals surface area contributed by atoms with Gasteiger partial charge in [-0.3, -0.25) is 28.2 Å². The third-order valence-corrected chi connectivity index (χ3v) is 24.2. The van der Waals surface area contributed by atoms with E-state index in [9.17, 15) is 74.6 Å². The predicted molar refractivity (Wildman–Crippen MR) is 449 cm³/mol. The van der Waals surface area contributed by atoms with Crippen LogP contribution in [0.4, 0.5) is 0 Å². The molecule has 116 heavy (non-hydrogen) atoms. The lowest BCUT2D eigenvalue weighted by Crippen LogP contribution is -2.70. The predicted octanol–water partition coefficient (Wildman–Crippen LogP) is 17.0. The molecular weight excluding hydrogens is 1510 g/mol. The van der Waals surface area contributed by atoms with Crippen molar-refractivity contribution in [1.82, 2.24) is 0 Å². The van der Waals surface area contributed by atoms with Gasteiger partial charge in [-0.1, -0.05) is 336 Å². The number of allylic oxidation sites excluding steroid dienone is 2. The Bertz CT molecular complexity index is 2480. The number of aliphatic hydroxyl groups is 9. The molecular formula is C90H167O25P. The minimum absolute atomic E-state index is 0.0144. The Labute approximate surface area is 699 Å². The zero-order valence-electron chi connectivity index (χ0n) is 72.7. The van der Waals surface area contributed by atoms with Crippen molar-refractivity contribution in [2.75, 3.05) is 26.4 Å². The van der Waals surface area contributed by atoms with Crippen LogP contribution in [0.3, 0.4) is 0 Å². The number of hydrogen-bond acceptors (Lipinski definition) is 24. The molecule has 25 nitrogen and oxygen atoms in total. The minimum Gasteiger partial charge on any atom is -0.463 e. The van der Waals surface area contributed by atoms with Crippen molar-refractivity contribution in [3.05, 3.63) is 12.2 Å². The van der Waals surface area contributed by atoms with Crippen LogP contribution in [0.15, 0.2) is 12.2 Å². The van der Waals surface area contributed by atoms with Gasteiger partial charge in [-0.2, -0.15) is 0 Å². The molecule has 0 amide bonds. The minimum atomic E-state index is -5.81. The van der Waals surface area contributed by atoms with E-state index >= 15 is 0 Å². The molecule has 2 heterocycles. The lowest BCUT2D eigenvalue weighted by molar-refractivity contribution is -0.360. The summed E-state index contributed by atoms with van der Waals surface area (Å²) < 4.78 is 73.4. The molecule has 0 aromatic heterocycles. The molecule has 26 heteroatoms. The van der Waals surface area contributed by atoms with Gasteiger partial charge in [0.2, 0.25) is 0 Å². The second kappa shape index (κ2) is 68.6. The summed E-state index contributed by atoms with van der Waals surface area (Å²) in [5.41, 5.74) is 0. The first-order valence-electron chi connectivity index (χ1n) is 46.8. The number of rotatable bonds is 75. The topological polar surface area (TPSA) is 380 Å². The standard InChI is InChI=1S/C90H167O25P/c1-6-10-14-18-22-25-28-31-32-35-38-40-43-51-57-63-75(94)109-70(66-106-73(92)61-55-49-42-39-36-33-29-26-23-19-15-11-7-2)67-108-116(104,105)115-88-86(113-89-83(102)79(98)77(96)71(65-91)110-89)82(101)81(100)85(112-76(95)64-58-52-44-41-37-34-30-27-24-20-16-12-8-3)87(88)114-90-84(103)80(99)78(97)72(111-90)68-107-74(93)62-56-50-46-45-48-54-60-69(5)59-53-47-21-17-13-9-4/h34,37,69-72,77-91,96-103H,6-33,35-36,38-68H2,1-5H3,(H,104,105)/b37-34-. The first-order chi connectivity index (χ1) is 56.1. The van der Waals surface area contributed by atoms with Crippen molar-refractivity contribution in [2.45, 2.75) is 505 Å². The van der Waals surface area contributed by atoms with Crippen molar-refractivity contribution in [1.29, 1.82) is 0 Å². The quantitative estimate of drug-likeness (QED) is 0.00889. The Hall–Kier alpha value is -2.79. The number of carbonyl (C=O) groups excluding carboxylic acids is 4. The summed E-state index contributed by atoms with van der Waals surface area (Å²) in [6.07, 6.45) is 25.1. The first-order valence-corrected chi connectivity index (χ1v) is 48.3. The highest BCUT2D eigenvalue weighted by atomic mass is 31.2. The molecule has 19 unspecified atom stereocenters. The Morgan fingerprint density at radius 2 is 0.698 bits per heavy atom. The zero-order chi connectivity index (χ0) is 84.8. The average molecular weight is 1680 g/mol. The third-order valence-electron chi connectivity index (χ3n) is 23.2. The van der Waals surface area contributed by atoms with Crippen LogP contribution in [0.25, 0.3) is 0 Å². The van der Waals surface area contributed by atoms with Gasteiger partial charge < -0.3 is 88.7 Å². The SMILES string of the molecule is CCCCCCCC/C=C\CCCCCC(=O)OC1C(O)C(O)C(OC2OC(CO)C(O)C(O)C2O)C(OP(=O)(O)OCC(COC(=O)CCCCCCCCCCCCCCC)OC(=O)CCCCCCCCCCCCCCCCC)C1OC1OC(COC(=O)CCCCCCCCC(C)CCCCCCCC)C(O)C(O)C1O. The molecule has 1 aliphatic carbocycles. The van der Waals surface area contributed by atoms with E-state index in [-0.39, 0.29) is 32.1 Å². The summed E-state index contributed by atoms with van der Waals surface area (Å²) in [7, 11) is -5.81. The van der Waals surface area contributed by atoms with Gasteiger partial charge in [-0.05, 0) is 57.3 Å². The Morgan fingerprint density at radius 3 is 1.12 bits per heavy atom. The highest BCUT2D eigenvalue weighted by molar-refractivity contribution is 7.47. The maximum absolute atomic E-state index is 14.9. The van der Waals surface area contributed by atoms with Gasteiger partial charge >= 0.3 is 31.7 Å². The second-order valence-corrected chi connectivity index (χ2v) is 35.2. The third kappa shape index (κ3) is 48.9. The number of carbonyl (C=O) groups is 4. The van der Waals surface area contributed by atoms with Crippen LogP contribution in [-0.2, 0) is 70.7 Å². The number of ether oxygens (including phenoxy) is 8. The summed E-state index contributed by atoms with van der Waals surface area (Å²) in [4.78, 5) is 66.4. The molecule has 10 N–H and O–H groups in total. The average Bonchev–Trinajstić information content (AvgIpc) is 0.754. The fourth-order valence-electron chi connectivity index (χ4n) is 15.6. The maximum Gasteiger partial charge on any atom is 0.472 e. The molecule has 2 aliphatic heterocycles. The van der Waals surface area contributed by atoms with Gasteiger partial charge in [-0.15, -0.1) is 0 Å².